The Morgan fingerprint density at radius 2 is 1.57 bits per heavy atom. The lowest BCUT2D eigenvalue weighted by atomic mass is 10.1. The SMILES string of the molecule is CC[C@H](C(=O)N[C@@H](C)CC)N(Cc1ccc(Cl)cc1Cl)C(=O)CN(c1cccc(Cl)c1C)S(=O)(=O)c1ccc(C)cc1. The molecule has 0 radical (unpaired) electrons. The summed E-state index contributed by atoms with van der Waals surface area (Å²) in [6.07, 6.45) is 0.996. The van der Waals surface area contributed by atoms with Crippen molar-refractivity contribution in [1.29, 1.82) is 0 Å². The Kier molecular flexibility index (Phi) is 11.7. The molecule has 0 unspecified atom stereocenters. The van der Waals surface area contributed by atoms with Gasteiger partial charge in [-0.2, -0.15) is 0 Å². The second-order valence-corrected chi connectivity index (χ2v) is 13.3. The van der Waals surface area contributed by atoms with Gasteiger partial charge in [-0.3, -0.25) is 13.9 Å². The van der Waals surface area contributed by atoms with E-state index in [1.165, 1.54) is 17.0 Å². The average molecular weight is 653 g/mol. The summed E-state index contributed by atoms with van der Waals surface area (Å²) in [6.45, 7) is 8.57. The topological polar surface area (TPSA) is 86.8 Å². The Labute approximate surface area is 263 Å². The lowest BCUT2D eigenvalue weighted by molar-refractivity contribution is -0.140. The van der Waals surface area contributed by atoms with E-state index in [0.29, 0.717) is 39.0 Å². The molecule has 0 aliphatic heterocycles. The number of amides is 2. The van der Waals surface area contributed by atoms with Gasteiger partial charge in [0.1, 0.15) is 12.6 Å². The zero-order chi connectivity index (χ0) is 31.2. The molecule has 0 saturated carbocycles. The minimum absolute atomic E-state index is 0.0223. The van der Waals surface area contributed by atoms with Crippen LogP contribution < -0.4 is 9.62 Å². The molecule has 0 spiro atoms. The van der Waals surface area contributed by atoms with Crippen LogP contribution >= 0.6 is 34.8 Å². The third kappa shape index (κ3) is 7.98. The number of benzene rings is 3. The maximum Gasteiger partial charge on any atom is 0.264 e. The van der Waals surface area contributed by atoms with Gasteiger partial charge in [0.05, 0.1) is 10.6 Å². The van der Waals surface area contributed by atoms with Crippen LogP contribution in [-0.2, 0) is 26.2 Å². The molecule has 0 saturated heterocycles. The standard InChI is InChI=1S/C31H36Cl3N3O4S/c1-6-21(4)35-31(39)28(7-2)36(18-23-13-14-24(32)17-27(23)34)30(38)19-37(29-10-8-9-26(33)22(29)5)42(40,41)25-15-11-20(3)12-16-25/h8-17,21,28H,6-7,18-19H2,1-5H3,(H,35,39)/t21-,28+/m0/s1. The summed E-state index contributed by atoms with van der Waals surface area (Å²) in [5.74, 6) is -0.917. The van der Waals surface area contributed by atoms with Gasteiger partial charge in [0.2, 0.25) is 11.8 Å². The molecule has 0 aromatic heterocycles. The fraction of sp³-hybridized carbons (Fsp3) is 0.355. The van der Waals surface area contributed by atoms with Gasteiger partial charge in [0.15, 0.2) is 0 Å². The smallest absolute Gasteiger partial charge is 0.264 e. The largest absolute Gasteiger partial charge is 0.352 e. The van der Waals surface area contributed by atoms with Crippen LogP contribution in [0.4, 0.5) is 5.69 Å². The Bertz CT molecular complexity index is 1530. The third-order valence-electron chi connectivity index (χ3n) is 7.14. The van der Waals surface area contributed by atoms with E-state index in [4.69, 9.17) is 34.8 Å². The maximum absolute atomic E-state index is 14.2. The monoisotopic (exact) mass is 651 g/mol. The van der Waals surface area contributed by atoms with Gasteiger partial charge in [0, 0.05) is 27.7 Å². The second kappa shape index (κ2) is 14.6. The summed E-state index contributed by atoms with van der Waals surface area (Å²) in [5, 5.41) is 4.06. The van der Waals surface area contributed by atoms with Crippen molar-refractivity contribution in [1.82, 2.24) is 10.2 Å². The van der Waals surface area contributed by atoms with E-state index in [0.717, 1.165) is 9.87 Å². The van der Waals surface area contributed by atoms with Crippen LogP contribution in [0.15, 0.2) is 65.6 Å². The first kappa shape index (κ1) is 33.7. The number of hydrogen-bond donors (Lipinski definition) is 1. The Hall–Kier alpha value is -2.78. The number of halogens is 3. The predicted molar refractivity (Wildman–Crippen MR) is 171 cm³/mol. The molecule has 226 valence electrons. The molecule has 3 aromatic carbocycles. The Balaban J connectivity index is 2.13. The first-order valence-corrected chi connectivity index (χ1v) is 16.3. The van der Waals surface area contributed by atoms with E-state index in [2.05, 4.69) is 5.32 Å². The lowest BCUT2D eigenvalue weighted by Crippen LogP contribution is -2.53. The van der Waals surface area contributed by atoms with Crippen LogP contribution in [-0.4, -0.2) is 43.8 Å². The molecule has 7 nitrogen and oxygen atoms in total. The number of carbonyl (C=O) groups is 2. The third-order valence-corrected chi connectivity index (χ3v) is 9.91. The van der Waals surface area contributed by atoms with Crippen LogP contribution in [0.1, 0.15) is 50.3 Å². The van der Waals surface area contributed by atoms with E-state index >= 15 is 0 Å². The molecule has 11 heteroatoms. The number of aryl methyl sites for hydroxylation is 1. The van der Waals surface area contributed by atoms with Crippen LogP contribution in [0.5, 0.6) is 0 Å². The van der Waals surface area contributed by atoms with Crippen LogP contribution in [0.25, 0.3) is 0 Å². The van der Waals surface area contributed by atoms with Crippen molar-refractivity contribution in [3.8, 4) is 0 Å². The molecule has 1 N–H and O–H groups in total. The number of sulfonamides is 1. The molecule has 2 amide bonds. The molecule has 3 aromatic rings. The minimum Gasteiger partial charge on any atom is -0.352 e. The Morgan fingerprint density at radius 1 is 0.905 bits per heavy atom. The summed E-state index contributed by atoms with van der Waals surface area (Å²) >= 11 is 19.0. The van der Waals surface area contributed by atoms with E-state index in [9.17, 15) is 18.0 Å². The first-order chi connectivity index (χ1) is 19.8. The van der Waals surface area contributed by atoms with Gasteiger partial charge in [-0.25, -0.2) is 8.42 Å². The fourth-order valence-electron chi connectivity index (χ4n) is 4.41. The molecule has 0 aliphatic rings. The number of anilines is 1. The number of nitrogens with one attached hydrogen (secondary N) is 1. The van der Waals surface area contributed by atoms with Crippen LogP contribution in [0, 0.1) is 13.8 Å². The van der Waals surface area contributed by atoms with E-state index in [-0.39, 0.29) is 29.1 Å². The predicted octanol–water partition coefficient (Wildman–Crippen LogP) is 7.18. The van der Waals surface area contributed by atoms with Crippen molar-refractivity contribution in [2.75, 3.05) is 10.8 Å². The molecule has 0 heterocycles. The van der Waals surface area contributed by atoms with Crippen molar-refractivity contribution in [3.63, 3.8) is 0 Å². The van der Waals surface area contributed by atoms with Crippen molar-refractivity contribution in [2.45, 2.75) is 71.0 Å². The Morgan fingerprint density at radius 3 is 2.17 bits per heavy atom. The lowest BCUT2D eigenvalue weighted by Gasteiger charge is -2.34. The van der Waals surface area contributed by atoms with Gasteiger partial charge in [-0.05, 0) is 81.1 Å². The molecule has 0 bridgehead atoms. The molecular formula is C31H36Cl3N3O4S. The molecule has 42 heavy (non-hydrogen) atoms. The van der Waals surface area contributed by atoms with Crippen molar-refractivity contribution >= 4 is 62.3 Å². The number of hydrogen-bond acceptors (Lipinski definition) is 4. The summed E-state index contributed by atoms with van der Waals surface area (Å²) in [6, 6.07) is 15.2. The van der Waals surface area contributed by atoms with Crippen LogP contribution in [0.3, 0.4) is 0 Å². The van der Waals surface area contributed by atoms with Gasteiger partial charge in [0.25, 0.3) is 10.0 Å². The zero-order valence-corrected chi connectivity index (χ0v) is 27.4. The highest BCUT2D eigenvalue weighted by Crippen LogP contribution is 2.32. The highest BCUT2D eigenvalue weighted by atomic mass is 35.5. The molecule has 2 atom stereocenters. The van der Waals surface area contributed by atoms with Gasteiger partial charge in [-0.15, -0.1) is 0 Å². The second-order valence-electron chi connectivity index (χ2n) is 10.2. The average Bonchev–Trinajstić information content (AvgIpc) is 2.94. The highest BCUT2D eigenvalue weighted by Gasteiger charge is 2.35. The van der Waals surface area contributed by atoms with Crippen LogP contribution in [0.2, 0.25) is 15.1 Å². The summed E-state index contributed by atoms with van der Waals surface area (Å²) in [7, 11) is -4.22. The quantitative estimate of drug-likeness (QED) is 0.225. The summed E-state index contributed by atoms with van der Waals surface area (Å²) in [5.41, 5.74) is 2.21. The zero-order valence-electron chi connectivity index (χ0n) is 24.3. The van der Waals surface area contributed by atoms with Crippen molar-refractivity contribution < 1.29 is 18.0 Å². The highest BCUT2D eigenvalue weighted by molar-refractivity contribution is 7.92. The maximum atomic E-state index is 14.2. The van der Waals surface area contributed by atoms with Gasteiger partial charge in [-0.1, -0.05) is 78.5 Å². The van der Waals surface area contributed by atoms with Gasteiger partial charge >= 0.3 is 0 Å². The molecular weight excluding hydrogens is 617 g/mol. The number of nitrogens with zero attached hydrogens (tertiary/aromatic N) is 2. The normalized spacial score (nSPS) is 12.9. The number of carbonyl (C=O) groups excluding carboxylic acids is 2. The van der Waals surface area contributed by atoms with Gasteiger partial charge < -0.3 is 10.2 Å². The fourth-order valence-corrected chi connectivity index (χ4v) is 6.52. The molecule has 3 rings (SSSR count). The van der Waals surface area contributed by atoms with E-state index in [1.807, 2.05) is 20.8 Å². The van der Waals surface area contributed by atoms with Crippen molar-refractivity contribution in [2.24, 2.45) is 0 Å². The first-order valence-electron chi connectivity index (χ1n) is 13.7. The number of rotatable bonds is 12. The van der Waals surface area contributed by atoms with E-state index < -0.39 is 28.5 Å². The van der Waals surface area contributed by atoms with Crippen molar-refractivity contribution in [3.05, 3.63) is 92.4 Å². The summed E-state index contributed by atoms with van der Waals surface area (Å²) < 4.78 is 29.2. The minimum atomic E-state index is -4.22. The molecule has 0 aliphatic carbocycles. The summed E-state index contributed by atoms with van der Waals surface area (Å²) in [4.78, 5) is 29.1. The molecule has 0 fully saturated rings. The van der Waals surface area contributed by atoms with E-state index in [1.54, 1.807) is 62.4 Å².